The predicted octanol–water partition coefficient (Wildman–Crippen LogP) is 1.19. The second kappa shape index (κ2) is 6.41. The molecule has 116 valence electrons. The summed E-state index contributed by atoms with van der Waals surface area (Å²) in [7, 11) is 1.65. The first-order valence-corrected chi connectivity index (χ1v) is 7.55. The summed E-state index contributed by atoms with van der Waals surface area (Å²) >= 11 is 0. The number of hydrogen-bond acceptors (Lipinski definition) is 4. The van der Waals surface area contributed by atoms with Crippen LogP contribution in [0.25, 0.3) is 0 Å². The van der Waals surface area contributed by atoms with E-state index < -0.39 is 0 Å². The summed E-state index contributed by atoms with van der Waals surface area (Å²) in [6.45, 7) is 5.77. The zero-order valence-electron chi connectivity index (χ0n) is 12.8. The summed E-state index contributed by atoms with van der Waals surface area (Å²) in [6, 6.07) is 0. The van der Waals surface area contributed by atoms with Crippen LogP contribution in [-0.2, 0) is 14.3 Å². The van der Waals surface area contributed by atoms with Gasteiger partial charge in [0.15, 0.2) is 0 Å². The van der Waals surface area contributed by atoms with E-state index in [0.29, 0.717) is 19.7 Å². The molecule has 1 heterocycles. The lowest BCUT2D eigenvalue weighted by molar-refractivity contribution is -0.172. The lowest BCUT2D eigenvalue weighted by atomic mass is 9.86. The van der Waals surface area contributed by atoms with Gasteiger partial charge in [-0.1, -0.05) is 0 Å². The third kappa shape index (κ3) is 3.93. The minimum Gasteiger partial charge on any atom is -0.393 e. The maximum Gasteiger partial charge on any atom is 0.225 e. The van der Waals surface area contributed by atoms with Crippen molar-refractivity contribution >= 4 is 5.91 Å². The zero-order chi connectivity index (χ0) is 14.8. The Balaban J connectivity index is 1.97. The highest BCUT2D eigenvalue weighted by atomic mass is 16.5. The van der Waals surface area contributed by atoms with Crippen molar-refractivity contribution in [3.63, 3.8) is 0 Å². The van der Waals surface area contributed by atoms with E-state index in [1.807, 2.05) is 18.7 Å². The van der Waals surface area contributed by atoms with Crippen LogP contribution in [0.15, 0.2) is 0 Å². The molecule has 0 bridgehead atoms. The summed E-state index contributed by atoms with van der Waals surface area (Å²) in [5.74, 6) is 0.282. The van der Waals surface area contributed by atoms with E-state index in [1.165, 1.54) is 0 Å². The number of ether oxygens (including phenoxy) is 2. The fourth-order valence-corrected chi connectivity index (χ4v) is 3.32. The number of hydrogen-bond donors (Lipinski definition) is 1. The van der Waals surface area contributed by atoms with Crippen molar-refractivity contribution in [3.05, 3.63) is 0 Å². The SMILES string of the molecule is COC[C@H]1CN(C(=O)C2CCC(O)CC2)CC(C)(C)O1. The van der Waals surface area contributed by atoms with E-state index in [9.17, 15) is 9.90 Å². The standard InChI is InChI=1S/C15H27NO4/c1-15(2)10-16(8-13(20-15)9-19-3)14(18)11-4-6-12(17)7-5-11/h11-13,17H,4-10H2,1-3H3/t11?,12?,13-/m1/s1. The van der Waals surface area contributed by atoms with E-state index >= 15 is 0 Å². The lowest BCUT2D eigenvalue weighted by Gasteiger charge is -2.44. The van der Waals surface area contributed by atoms with Crippen LogP contribution in [0, 0.1) is 5.92 Å². The van der Waals surface area contributed by atoms with Gasteiger partial charge in [-0.15, -0.1) is 0 Å². The number of amides is 1. The van der Waals surface area contributed by atoms with Gasteiger partial charge in [-0.2, -0.15) is 0 Å². The number of aliphatic hydroxyl groups excluding tert-OH is 1. The van der Waals surface area contributed by atoms with E-state index in [4.69, 9.17) is 9.47 Å². The van der Waals surface area contributed by atoms with Gasteiger partial charge in [0.25, 0.3) is 0 Å². The molecule has 1 saturated carbocycles. The molecule has 0 aromatic carbocycles. The normalized spacial score (nSPS) is 34.0. The van der Waals surface area contributed by atoms with Gasteiger partial charge in [0.1, 0.15) is 0 Å². The molecule has 0 aromatic rings. The predicted molar refractivity (Wildman–Crippen MR) is 75.4 cm³/mol. The Labute approximate surface area is 121 Å². The molecule has 1 amide bonds. The van der Waals surface area contributed by atoms with Crippen LogP contribution in [0.3, 0.4) is 0 Å². The van der Waals surface area contributed by atoms with Gasteiger partial charge < -0.3 is 19.5 Å². The third-order valence-corrected chi connectivity index (χ3v) is 4.19. The van der Waals surface area contributed by atoms with Gasteiger partial charge in [0.05, 0.1) is 24.4 Å². The minimum atomic E-state index is -0.328. The Morgan fingerprint density at radius 3 is 2.60 bits per heavy atom. The smallest absolute Gasteiger partial charge is 0.225 e. The zero-order valence-corrected chi connectivity index (χ0v) is 12.8. The third-order valence-electron chi connectivity index (χ3n) is 4.19. The first kappa shape index (κ1) is 15.7. The van der Waals surface area contributed by atoms with Crippen molar-refractivity contribution in [1.29, 1.82) is 0 Å². The van der Waals surface area contributed by atoms with Crippen LogP contribution in [0.2, 0.25) is 0 Å². The van der Waals surface area contributed by atoms with Crippen LogP contribution >= 0.6 is 0 Å². The molecule has 2 aliphatic rings. The molecule has 1 atom stereocenters. The molecule has 0 unspecified atom stereocenters. The maximum absolute atomic E-state index is 12.6. The van der Waals surface area contributed by atoms with Crippen molar-refractivity contribution in [2.45, 2.75) is 57.3 Å². The fourth-order valence-electron chi connectivity index (χ4n) is 3.32. The minimum absolute atomic E-state index is 0.0538. The molecule has 0 radical (unpaired) electrons. The topological polar surface area (TPSA) is 59.0 Å². The summed E-state index contributed by atoms with van der Waals surface area (Å²) < 4.78 is 11.1. The van der Waals surface area contributed by atoms with Crippen LogP contribution < -0.4 is 0 Å². The number of carbonyl (C=O) groups is 1. The Bertz CT molecular complexity index is 337. The monoisotopic (exact) mass is 285 g/mol. The van der Waals surface area contributed by atoms with Gasteiger partial charge in [-0.3, -0.25) is 4.79 Å². The number of carbonyl (C=O) groups excluding carboxylic acids is 1. The van der Waals surface area contributed by atoms with Crippen LogP contribution in [-0.4, -0.2) is 60.5 Å². The molecule has 2 fully saturated rings. The summed E-state index contributed by atoms with van der Waals surface area (Å²) in [6.07, 6.45) is 2.81. The van der Waals surface area contributed by atoms with Crippen LogP contribution in [0.1, 0.15) is 39.5 Å². The Morgan fingerprint density at radius 1 is 1.35 bits per heavy atom. The molecule has 20 heavy (non-hydrogen) atoms. The Kier molecular flexibility index (Phi) is 5.04. The molecule has 5 heteroatoms. The van der Waals surface area contributed by atoms with Crippen molar-refractivity contribution in [2.24, 2.45) is 5.92 Å². The van der Waals surface area contributed by atoms with Crippen LogP contribution in [0.4, 0.5) is 0 Å². The molecule has 0 spiro atoms. The Morgan fingerprint density at radius 2 is 2.00 bits per heavy atom. The Hall–Kier alpha value is -0.650. The fraction of sp³-hybridized carbons (Fsp3) is 0.933. The first-order chi connectivity index (χ1) is 9.41. The number of morpholine rings is 1. The number of nitrogens with zero attached hydrogens (tertiary/aromatic N) is 1. The van der Waals surface area contributed by atoms with Gasteiger partial charge in [0, 0.05) is 26.1 Å². The van der Waals surface area contributed by atoms with Crippen molar-refractivity contribution < 1.29 is 19.4 Å². The van der Waals surface area contributed by atoms with Gasteiger partial charge in [0.2, 0.25) is 5.91 Å². The van der Waals surface area contributed by atoms with E-state index in [0.717, 1.165) is 25.7 Å². The molecule has 5 nitrogen and oxygen atoms in total. The van der Waals surface area contributed by atoms with E-state index in [-0.39, 0.29) is 29.6 Å². The number of aliphatic hydroxyl groups is 1. The van der Waals surface area contributed by atoms with E-state index in [2.05, 4.69) is 0 Å². The highest BCUT2D eigenvalue weighted by Crippen LogP contribution is 2.29. The summed E-state index contributed by atoms with van der Waals surface area (Å²) in [4.78, 5) is 14.6. The lowest BCUT2D eigenvalue weighted by Crippen LogP contribution is -2.57. The highest BCUT2D eigenvalue weighted by molar-refractivity contribution is 5.79. The molecule has 1 saturated heterocycles. The summed E-state index contributed by atoms with van der Waals surface area (Å²) in [5, 5.41) is 9.55. The first-order valence-electron chi connectivity index (χ1n) is 7.55. The quantitative estimate of drug-likeness (QED) is 0.846. The largest absolute Gasteiger partial charge is 0.393 e. The van der Waals surface area contributed by atoms with Crippen molar-refractivity contribution in [2.75, 3.05) is 26.8 Å². The molecule has 0 aromatic heterocycles. The number of rotatable bonds is 3. The molecular formula is C15H27NO4. The van der Waals surface area contributed by atoms with Crippen molar-refractivity contribution in [3.8, 4) is 0 Å². The second-order valence-corrected chi connectivity index (χ2v) is 6.68. The molecular weight excluding hydrogens is 258 g/mol. The molecule has 1 N–H and O–H groups in total. The molecule has 2 rings (SSSR count). The molecule has 1 aliphatic heterocycles. The van der Waals surface area contributed by atoms with Gasteiger partial charge >= 0.3 is 0 Å². The summed E-state index contributed by atoms with van der Waals surface area (Å²) in [5.41, 5.74) is -0.328. The van der Waals surface area contributed by atoms with Gasteiger partial charge in [-0.25, -0.2) is 0 Å². The van der Waals surface area contributed by atoms with Crippen LogP contribution in [0.5, 0.6) is 0 Å². The average Bonchev–Trinajstić information content (AvgIpc) is 2.37. The highest BCUT2D eigenvalue weighted by Gasteiger charge is 2.38. The number of methoxy groups -OCH3 is 1. The van der Waals surface area contributed by atoms with E-state index in [1.54, 1.807) is 7.11 Å². The average molecular weight is 285 g/mol. The maximum atomic E-state index is 12.6. The van der Waals surface area contributed by atoms with Crippen molar-refractivity contribution in [1.82, 2.24) is 4.90 Å². The van der Waals surface area contributed by atoms with Gasteiger partial charge in [-0.05, 0) is 39.5 Å². The second-order valence-electron chi connectivity index (χ2n) is 6.68. The molecule has 1 aliphatic carbocycles.